The summed E-state index contributed by atoms with van der Waals surface area (Å²) in [6, 6.07) is 7.64. The van der Waals surface area contributed by atoms with Gasteiger partial charge in [-0.05, 0) is 17.5 Å². The molecule has 1 aliphatic rings. The summed E-state index contributed by atoms with van der Waals surface area (Å²) in [6.07, 6.45) is -4.18. The lowest BCUT2D eigenvalue weighted by atomic mass is 9.96. The SMILES string of the molecule is O=C(CC1OCCc2ccccc21)Nc1nnc(C(F)(F)F)s1. The molecule has 0 fully saturated rings. The Labute approximate surface area is 133 Å². The second-order valence-electron chi connectivity index (χ2n) is 4.97. The largest absolute Gasteiger partial charge is 0.445 e. The maximum atomic E-state index is 12.5. The summed E-state index contributed by atoms with van der Waals surface area (Å²) in [6.45, 7) is 0.506. The number of halogens is 3. The van der Waals surface area contributed by atoms with Gasteiger partial charge in [0.15, 0.2) is 0 Å². The zero-order valence-electron chi connectivity index (χ0n) is 11.8. The van der Waals surface area contributed by atoms with E-state index in [1.165, 1.54) is 0 Å². The molecule has 0 saturated heterocycles. The van der Waals surface area contributed by atoms with Crippen LogP contribution >= 0.6 is 11.3 Å². The van der Waals surface area contributed by atoms with E-state index >= 15 is 0 Å². The zero-order valence-corrected chi connectivity index (χ0v) is 12.6. The van der Waals surface area contributed by atoms with Crippen LogP contribution in [-0.2, 0) is 22.1 Å². The van der Waals surface area contributed by atoms with Gasteiger partial charge in [-0.2, -0.15) is 13.2 Å². The molecule has 3 rings (SSSR count). The highest BCUT2D eigenvalue weighted by Gasteiger charge is 2.36. The number of nitrogens with one attached hydrogen (secondary N) is 1. The number of benzene rings is 1. The monoisotopic (exact) mass is 343 g/mol. The van der Waals surface area contributed by atoms with Crippen LogP contribution in [0.15, 0.2) is 24.3 Å². The Balaban J connectivity index is 1.65. The molecule has 1 aromatic heterocycles. The summed E-state index contributed by atoms with van der Waals surface area (Å²) < 4.78 is 43.0. The van der Waals surface area contributed by atoms with E-state index in [1.54, 1.807) is 0 Å². The molecule has 5 nitrogen and oxygen atoms in total. The fraction of sp³-hybridized carbons (Fsp3) is 0.357. The normalized spacial score (nSPS) is 17.6. The van der Waals surface area contributed by atoms with E-state index < -0.39 is 23.2 Å². The number of anilines is 1. The van der Waals surface area contributed by atoms with E-state index in [2.05, 4.69) is 15.5 Å². The molecular formula is C14H12F3N3O2S. The molecule has 0 saturated carbocycles. The molecule has 9 heteroatoms. The van der Waals surface area contributed by atoms with Gasteiger partial charge in [-0.25, -0.2) is 0 Å². The number of carbonyl (C=O) groups is 1. The number of carbonyl (C=O) groups excluding carboxylic acids is 1. The Morgan fingerprint density at radius 3 is 2.87 bits per heavy atom. The van der Waals surface area contributed by atoms with Crippen LogP contribution in [0.5, 0.6) is 0 Å². The fourth-order valence-electron chi connectivity index (χ4n) is 2.37. The number of rotatable bonds is 3. The van der Waals surface area contributed by atoms with Crippen molar-refractivity contribution in [1.29, 1.82) is 0 Å². The molecule has 1 aromatic carbocycles. The van der Waals surface area contributed by atoms with Crippen LogP contribution in [-0.4, -0.2) is 22.7 Å². The molecule has 0 aliphatic carbocycles. The average molecular weight is 343 g/mol. The van der Waals surface area contributed by atoms with Gasteiger partial charge in [0.25, 0.3) is 0 Å². The van der Waals surface area contributed by atoms with Crippen molar-refractivity contribution in [2.24, 2.45) is 0 Å². The number of hydrogen-bond acceptors (Lipinski definition) is 5. The van der Waals surface area contributed by atoms with Gasteiger partial charge >= 0.3 is 6.18 Å². The van der Waals surface area contributed by atoms with Gasteiger partial charge in [-0.1, -0.05) is 35.6 Å². The van der Waals surface area contributed by atoms with Crippen LogP contribution in [0.1, 0.15) is 28.7 Å². The van der Waals surface area contributed by atoms with E-state index in [0.29, 0.717) is 17.9 Å². The number of aromatic nitrogens is 2. The standard InChI is InChI=1S/C14H12F3N3O2S/c15-14(16,17)12-19-20-13(23-12)18-11(21)7-10-9-4-2-1-3-8(9)5-6-22-10/h1-4,10H,5-7H2,(H,18,20,21). The molecule has 122 valence electrons. The van der Waals surface area contributed by atoms with Crippen molar-refractivity contribution in [2.45, 2.75) is 25.1 Å². The van der Waals surface area contributed by atoms with Crippen molar-refractivity contribution < 1.29 is 22.7 Å². The Bertz CT molecular complexity index is 717. The summed E-state index contributed by atoms with van der Waals surface area (Å²) in [7, 11) is 0. The van der Waals surface area contributed by atoms with Crippen molar-refractivity contribution in [3.63, 3.8) is 0 Å². The highest BCUT2D eigenvalue weighted by atomic mass is 32.1. The lowest BCUT2D eigenvalue weighted by Crippen LogP contribution is -2.22. The average Bonchev–Trinajstić information content (AvgIpc) is 2.96. The van der Waals surface area contributed by atoms with Gasteiger partial charge in [0.05, 0.1) is 19.1 Å². The Morgan fingerprint density at radius 1 is 1.35 bits per heavy atom. The minimum absolute atomic E-state index is 0.0118. The molecule has 2 heterocycles. The van der Waals surface area contributed by atoms with Crippen molar-refractivity contribution in [3.8, 4) is 0 Å². The quantitative estimate of drug-likeness (QED) is 0.930. The molecule has 1 unspecified atom stereocenters. The number of amides is 1. The van der Waals surface area contributed by atoms with Crippen LogP contribution in [0.25, 0.3) is 0 Å². The van der Waals surface area contributed by atoms with E-state index in [9.17, 15) is 18.0 Å². The third-order valence-electron chi connectivity index (χ3n) is 3.38. The zero-order chi connectivity index (χ0) is 16.4. The van der Waals surface area contributed by atoms with Gasteiger partial charge in [0.2, 0.25) is 16.0 Å². The van der Waals surface area contributed by atoms with E-state index in [4.69, 9.17) is 4.74 Å². The predicted octanol–water partition coefficient (Wildman–Crippen LogP) is 3.20. The number of alkyl halides is 3. The number of ether oxygens (including phenoxy) is 1. The van der Waals surface area contributed by atoms with Crippen molar-refractivity contribution >= 4 is 22.4 Å². The summed E-state index contributed by atoms with van der Waals surface area (Å²) in [5, 5.41) is 7.43. The molecule has 1 atom stereocenters. The first kappa shape index (κ1) is 15.9. The molecule has 1 amide bonds. The topological polar surface area (TPSA) is 64.1 Å². The molecular weight excluding hydrogens is 331 g/mol. The highest BCUT2D eigenvalue weighted by Crippen LogP contribution is 2.34. The first-order valence-electron chi connectivity index (χ1n) is 6.83. The smallest absolute Gasteiger partial charge is 0.373 e. The second-order valence-corrected chi connectivity index (χ2v) is 5.95. The van der Waals surface area contributed by atoms with Gasteiger partial charge in [0.1, 0.15) is 0 Å². The highest BCUT2D eigenvalue weighted by molar-refractivity contribution is 7.15. The predicted molar refractivity (Wildman–Crippen MR) is 77.0 cm³/mol. The van der Waals surface area contributed by atoms with Crippen LogP contribution in [0.3, 0.4) is 0 Å². The molecule has 0 radical (unpaired) electrons. The van der Waals surface area contributed by atoms with Gasteiger partial charge in [0, 0.05) is 0 Å². The minimum atomic E-state index is -4.56. The van der Waals surface area contributed by atoms with Gasteiger partial charge in [-0.3, -0.25) is 4.79 Å². The lowest BCUT2D eigenvalue weighted by molar-refractivity contribution is -0.138. The maximum Gasteiger partial charge on any atom is 0.445 e. The number of fused-ring (bicyclic) bond motifs is 1. The molecule has 23 heavy (non-hydrogen) atoms. The van der Waals surface area contributed by atoms with Crippen molar-refractivity contribution in [1.82, 2.24) is 10.2 Å². The molecule has 0 spiro atoms. The third-order valence-corrected chi connectivity index (χ3v) is 4.26. The van der Waals surface area contributed by atoms with Gasteiger partial charge < -0.3 is 10.1 Å². The minimum Gasteiger partial charge on any atom is -0.373 e. The van der Waals surface area contributed by atoms with Gasteiger partial charge in [-0.15, -0.1) is 10.2 Å². The van der Waals surface area contributed by atoms with Crippen LogP contribution in [0, 0.1) is 0 Å². The van der Waals surface area contributed by atoms with Crippen LogP contribution in [0.4, 0.5) is 18.3 Å². The van der Waals surface area contributed by atoms with E-state index in [1.807, 2.05) is 24.3 Å². The summed E-state index contributed by atoms with van der Waals surface area (Å²) in [5.74, 6) is -0.462. The summed E-state index contributed by atoms with van der Waals surface area (Å²) >= 11 is 0.296. The Morgan fingerprint density at radius 2 is 2.13 bits per heavy atom. The Kier molecular flexibility index (Phi) is 4.31. The third kappa shape index (κ3) is 3.67. The Hall–Kier alpha value is -2.00. The first-order valence-corrected chi connectivity index (χ1v) is 7.65. The van der Waals surface area contributed by atoms with Crippen molar-refractivity contribution in [2.75, 3.05) is 11.9 Å². The van der Waals surface area contributed by atoms with E-state index in [0.717, 1.165) is 17.5 Å². The number of hydrogen-bond donors (Lipinski definition) is 1. The molecule has 0 bridgehead atoms. The summed E-state index contributed by atoms with van der Waals surface area (Å²) in [4.78, 5) is 12.0. The summed E-state index contributed by atoms with van der Waals surface area (Å²) in [5.41, 5.74) is 2.05. The first-order chi connectivity index (χ1) is 10.9. The molecule has 1 aliphatic heterocycles. The maximum absolute atomic E-state index is 12.5. The van der Waals surface area contributed by atoms with Crippen LogP contribution in [0.2, 0.25) is 0 Å². The lowest BCUT2D eigenvalue weighted by Gasteiger charge is -2.25. The number of nitrogens with zero attached hydrogens (tertiary/aromatic N) is 2. The molecule has 2 aromatic rings. The van der Waals surface area contributed by atoms with Crippen LogP contribution < -0.4 is 5.32 Å². The fourth-order valence-corrected chi connectivity index (χ4v) is 3.00. The molecule has 1 N–H and O–H groups in total. The second kappa shape index (κ2) is 6.25. The van der Waals surface area contributed by atoms with E-state index in [-0.39, 0.29) is 11.6 Å². The van der Waals surface area contributed by atoms with Crippen molar-refractivity contribution in [3.05, 3.63) is 40.4 Å².